The number of nitrogens with zero attached hydrogens (tertiary/aromatic N) is 1. The van der Waals surface area contributed by atoms with E-state index in [2.05, 4.69) is 10.5 Å². The lowest BCUT2D eigenvalue weighted by molar-refractivity contribution is 0.0938. The average Bonchev–Trinajstić information content (AvgIpc) is 2.28. The van der Waals surface area contributed by atoms with Gasteiger partial charge in [-0.05, 0) is 25.1 Å². The van der Waals surface area contributed by atoms with Crippen LogP contribution in [-0.4, -0.2) is 28.1 Å². The normalized spacial score (nSPS) is 13.1. The van der Waals surface area contributed by atoms with Crippen LogP contribution in [0.25, 0.3) is 0 Å². The molecule has 0 aromatic heterocycles. The van der Waals surface area contributed by atoms with Crippen LogP contribution in [0.4, 0.5) is 0 Å². The molecule has 0 fully saturated rings. The molecule has 98 valence electrons. The molecule has 18 heavy (non-hydrogen) atoms. The van der Waals surface area contributed by atoms with Crippen LogP contribution in [0.5, 0.6) is 5.75 Å². The first-order valence-corrected chi connectivity index (χ1v) is 5.57. The summed E-state index contributed by atoms with van der Waals surface area (Å²) < 4.78 is 0. The van der Waals surface area contributed by atoms with Gasteiger partial charge in [-0.3, -0.25) is 4.79 Å². The molecule has 1 aromatic carbocycles. The predicted molar refractivity (Wildman–Crippen MR) is 68.1 cm³/mol. The van der Waals surface area contributed by atoms with E-state index >= 15 is 0 Å². The molecule has 0 aliphatic heterocycles. The van der Waals surface area contributed by atoms with Crippen molar-refractivity contribution in [2.45, 2.75) is 19.4 Å². The number of rotatable bonds is 4. The number of halogens is 1. The molecule has 0 saturated carbocycles. The largest absolute Gasteiger partial charge is 0.507 e. The highest BCUT2D eigenvalue weighted by Crippen LogP contribution is 2.21. The lowest BCUT2D eigenvalue weighted by Gasteiger charge is -2.13. The monoisotopic (exact) mass is 271 g/mol. The maximum absolute atomic E-state index is 11.8. The molecule has 1 atom stereocenters. The van der Waals surface area contributed by atoms with Crippen LogP contribution >= 0.6 is 11.6 Å². The van der Waals surface area contributed by atoms with Crippen LogP contribution in [0.3, 0.4) is 0 Å². The topological polar surface area (TPSA) is 108 Å². The second kappa shape index (κ2) is 6.11. The number of carbonyl (C=O) groups excluding carboxylic acids is 1. The second-order valence-electron chi connectivity index (χ2n) is 3.83. The van der Waals surface area contributed by atoms with Gasteiger partial charge in [0.25, 0.3) is 5.91 Å². The number of carbonyl (C=O) groups is 1. The molecule has 0 aliphatic carbocycles. The van der Waals surface area contributed by atoms with E-state index in [9.17, 15) is 9.90 Å². The van der Waals surface area contributed by atoms with Gasteiger partial charge < -0.3 is 21.4 Å². The SMILES string of the molecule is CC(CC(N)=NO)NC(=O)c1ccc(Cl)cc1O. The number of aromatic hydroxyl groups is 1. The Morgan fingerprint density at radius 1 is 1.61 bits per heavy atom. The lowest BCUT2D eigenvalue weighted by Crippen LogP contribution is -2.35. The van der Waals surface area contributed by atoms with Gasteiger partial charge >= 0.3 is 0 Å². The van der Waals surface area contributed by atoms with Crippen molar-refractivity contribution in [2.75, 3.05) is 0 Å². The molecule has 0 aliphatic rings. The highest BCUT2D eigenvalue weighted by Gasteiger charge is 2.14. The minimum Gasteiger partial charge on any atom is -0.507 e. The van der Waals surface area contributed by atoms with Crippen LogP contribution in [0, 0.1) is 0 Å². The molecular weight excluding hydrogens is 258 g/mol. The number of amides is 1. The van der Waals surface area contributed by atoms with Crippen molar-refractivity contribution in [1.29, 1.82) is 0 Å². The fourth-order valence-electron chi connectivity index (χ4n) is 1.40. The van der Waals surface area contributed by atoms with Gasteiger partial charge in [0.1, 0.15) is 11.6 Å². The van der Waals surface area contributed by atoms with Crippen LogP contribution in [0.15, 0.2) is 23.4 Å². The Bertz CT molecular complexity index is 477. The molecule has 7 heteroatoms. The molecule has 6 nitrogen and oxygen atoms in total. The molecule has 0 spiro atoms. The third-order valence-corrected chi connectivity index (χ3v) is 2.46. The summed E-state index contributed by atoms with van der Waals surface area (Å²) in [6.07, 6.45) is 0.205. The average molecular weight is 272 g/mol. The van der Waals surface area contributed by atoms with E-state index in [4.69, 9.17) is 22.5 Å². The van der Waals surface area contributed by atoms with Crippen molar-refractivity contribution in [2.24, 2.45) is 10.9 Å². The van der Waals surface area contributed by atoms with Crippen LogP contribution < -0.4 is 11.1 Å². The molecule has 1 aromatic rings. The number of benzene rings is 1. The van der Waals surface area contributed by atoms with Crippen LogP contribution in [0.2, 0.25) is 5.02 Å². The number of oxime groups is 1. The zero-order valence-electron chi connectivity index (χ0n) is 9.72. The summed E-state index contributed by atoms with van der Waals surface area (Å²) in [6.45, 7) is 1.70. The molecular formula is C11H14ClN3O3. The number of hydrogen-bond acceptors (Lipinski definition) is 4. The molecule has 0 saturated heterocycles. The molecule has 1 unspecified atom stereocenters. The summed E-state index contributed by atoms with van der Waals surface area (Å²) in [5.74, 6) is -0.637. The first kappa shape index (κ1) is 14.1. The van der Waals surface area contributed by atoms with Crippen molar-refractivity contribution >= 4 is 23.3 Å². The molecule has 5 N–H and O–H groups in total. The molecule has 0 heterocycles. The standard InChI is InChI=1S/C11H14ClN3O3/c1-6(4-10(13)15-18)14-11(17)8-3-2-7(12)5-9(8)16/h2-3,5-6,16,18H,4H2,1H3,(H2,13,15)(H,14,17). The van der Waals surface area contributed by atoms with E-state index < -0.39 is 5.91 Å². The Morgan fingerprint density at radius 2 is 2.28 bits per heavy atom. The zero-order valence-corrected chi connectivity index (χ0v) is 10.5. The first-order chi connectivity index (χ1) is 8.43. The Labute approximate surface area is 109 Å². The third-order valence-electron chi connectivity index (χ3n) is 2.23. The second-order valence-corrected chi connectivity index (χ2v) is 4.27. The number of nitrogens with two attached hydrogens (primary N) is 1. The van der Waals surface area contributed by atoms with Gasteiger partial charge in [-0.15, -0.1) is 0 Å². The molecule has 1 rings (SSSR count). The molecule has 0 radical (unpaired) electrons. The van der Waals surface area contributed by atoms with Crippen molar-refractivity contribution in [3.05, 3.63) is 28.8 Å². The summed E-state index contributed by atoms with van der Waals surface area (Å²) >= 11 is 5.66. The highest BCUT2D eigenvalue weighted by atomic mass is 35.5. The minimum absolute atomic E-state index is 0.0168. The number of phenols is 1. The van der Waals surface area contributed by atoms with Crippen molar-refractivity contribution < 1.29 is 15.1 Å². The van der Waals surface area contributed by atoms with E-state index in [0.717, 1.165) is 0 Å². The third kappa shape index (κ3) is 3.81. The van der Waals surface area contributed by atoms with Gasteiger partial charge in [0.05, 0.1) is 5.56 Å². The lowest BCUT2D eigenvalue weighted by atomic mass is 10.1. The van der Waals surface area contributed by atoms with E-state index in [1.807, 2.05) is 0 Å². The minimum atomic E-state index is -0.456. The van der Waals surface area contributed by atoms with Gasteiger partial charge in [-0.2, -0.15) is 0 Å². The van der Waals surface area contributed by atoms with Crippen LogP contribution in [-0.2, 0) is 0 Å². The van der Waals surface area contributed by atoms with E-state index in [0.29, 0.717) is 5.02 Å². The smallest absolute Gasteiger partial charge is 0.255 e. The van der Waals surface area contributed by atoms with Gasteiger partial charge in [-0.25, -0.2) is 0 Å². The summed E-state index contributed by atoms with van der Waals surface area (Å²) in [6, 6.07) is 3.88. The zero-order chi connectivity index (χ0) is 13.7. The maximum Gasteiger partial charge on any atom is 0.255 e. The number of phenolic OH excluding ortho intramolecular Hbond substituents is 1. The Balaban J connectivity index is 2.71. The van der Waals surface area contributed by atoms with Crippen molar-refractivity contribution in [3.63, 3.8) is 0 Å². The quantitative estimate of drug-likeness (QED) is 0.286. The van der Waals surface area contributed by atoms with Crippen LogP contribution in [0.1, 0.15) is 23.7 Å². The summed E-state index contributed by atoms with van der Waals surface area (Å²) in [5, 5.41) is 23.7. The summed E-state index contributed by atoms with van der Waals surface area (Å²) in [7, 11) is 0. The summed E-state index contributed by atoms with van der Waals surface area (Å²) in [4.78, 5) is 11.8. The molecule has 1 amide bonds. The van der Waals surface area contributed by atoms with Gasteiger partial charge in [0.2, 0.25) is 0 Å². The van der Waals surface area contributed by atoms with Crippen molar-refractivity contribution in [3.8, 4) is 5.75 Å². The van der Waals surface area contributed by atoms with Gasteiger partial charge in [0.15, 0.2) is 0 Å². The van der Waals surface area contributed by atoms with E-state index in [1.165, 1.54) is 18.2 Å². The number of hydrogen-bond donors (Lipinski definition) is 4. The Morgan fingerprint density at radius 3 is 2.83 bits per heavy atom. The summed E-state index contributed by atoms with van der Waals surface area (Å²) in [5.41, 5.74) is 5.44. The Kier molecular flexibility index (Phi) is 4.79. The molecule has 0 bridgehead atoms. The van der Waals surface area contributed by atoms with Crippen molar-refractivity contribution in [1.82, 2.24) is 5.32 Å². The Hall–Kier alpha value is -1.95. The number of amidine groups is 1. The van der Waals surface area contributed by atoms with E-state index in [-0.39, 0.29) is 29.6 Å². The number of nitrogens with one attached hydrogen (secondary N) is 1. The fraction of sp³-hybridized carbons (Fsp3) is 0.273. The van der Waals surface area contributed by atoms with E-state index in [1.54, 1.807) is 6.92 Å². The maximum atomic E-state index is 11.8. The first-order valence-electron chi connectivity index (χ1n) is 5.19. The van der Waals surface area contributed by atoms with Gasteiger partial charge in [0, 0.05) is 17.5 Å². The van der Waals surface area contributed by atoms with Gasteiger partial charge in [-0.1, -0.05) is 16.8 Å². The fourth-order valence-corrected chi connectivity index (χ4v) is 1.57. The highest BCUT2D eigenvalue weighted by molar-refractivity contribution is 6.30. The predicted octanol–water partition coefficient (Wildman–Crippen LogP) is 1.30.